The van der Waals surface area contributed by atoms with Gasteiger partial charge in [0.1, 0.15) is 11.7 Å². The van der Waals surface area contributed by atoms with Gasteiger partial charge in [-0.05, 0) is 17.7 Å². The number of hydrogen-bond donors (Lipinski definition) is 0. The number of rotatable bonds is 3. The first-order chi connectivity index (χ1) is 8.37. The van der Waals surface area contributed by atoms with E-state index >= 15 is 0 Å². The van der Waals surface area contributed by atoms with Crippen molar-refractivity contribution in [2.45, 2.75) is 19.2 Å². The van der Waals surface area contributed by atoms with E-state index in [2.05, 4.69) is 4.74 Å². The van der Waals surface area contributed by atoms with Crippen molar-refractivity contribution in [3.8, 4) is 17.9 Å². The molecule has 0 saturated heterocycles. The molecule has 0 aliphatic rings. The summed E-state index contributed by atoms with van der Waals surface area (Å²) < 4.78 is 39.5. The first-order valence-electron chi connectivity index (χ1n) is 5.02. The second kappa shape index (κ2) is 5.42. The molecule has 0 heterocycles. The molecule has 0 spiro atoms. The molecule has 1 rings (SSSR count). The lowest BCUT2D eigenvalue weighted by Gasteiger charge is -2.13. The molecule has 0 radical (unpaired) electrons. The number of hydrogen-bond acceptors (Lipinski definition) is 3. The summed E-state index contributed by atoms with van der Waals surface area (Å²) in [5, 5.41) is 17.4. The lowest BCUT2D eigenvalue weighted by Crippen LogP contribution is -2.17. The van der Waals surface area contributed by atoms with Crippen molar-refractivity contribution in [2.75, 3.05) is 0 Å². The molecular formula is C12H9F3N2O. The van der Waals surface area contributed by atoms with Gasteiger partial charge in [0.15, 0.2) is 0 Å². The van der Waals surface area contributed by atoms with E-state index in [9.17, 15) is 13.2 Å². The SMILES string of the molecule is CC(c1ccc(OC(F)(F)F)cc1)C(C#N)C#N. The van der Waals surface area contributed by atoms with E-state index in [4.69, 9.17) is 10.5 Å². The zero-order valence-electron chi connectivity index (χ0n) is 9.40. The van der Waals surface area contributed by atoms with Gasteiger partial charge in [-0.15, -0.1) is 13.2 Å². The maximum absolute atomic E-state index is 11.9. The summed E-state index contributed by atoms with van der Waals surface area (Å²) in [6.45, 7) is 1.66. The maximum Gasteiger partial charge on any atom is 0.573 e. The predicted molar refractivity (Wildman–Crippen MR) is 56.3 cm³/mol. The van der Waals surface area contributed by atoms with E-state index in [1.54, 1.807) is 6.92 Å². The maximum atomic E-state index is 11.9. The van der Waals surface area contributed by atoms with Crippen molar-refractivity contribution in [1.29, 1.82) is 10.5 Å². The van der Waals surface area contributed by atoms with Crippen molar-refractivity contribution < 1.29 is 17.9 Å². The summed E-state index contributed by atoms with van der Waals surface area (Å²) in [6, 6.07) is 8.80. The van der Waals surface area contributed by atoms with Crippen LogP contribution in [0.15, 0.2) is 24.3 Å². The Labute approximate surface area is 102 Å². The monoisotopic (exact) mass is 254 g/mol. The van der Waals surface area contributed by atoms with Gasteiger partial charge in [-0.2, -0.15) is 10.5 Å². The van der Waals surface area contributed by atoms with Crippen LogP contribution in [0.3, 0.4) is 0 Å². The molecule has 0 aliphatic heterocycles. The number of nitrogens with zero attached hydrogens (tertiary/aromatic N) is 2. The Balaban J connectivity index is 2.84. The summed E-state index contributed by atoms with van der Waals surface area (Å²) in [4.78, 5) is 0. The third-order valence-electron chi connectivity index (χ3n) is 2.42. The van der Waals surface area contributed by atoms with Gasteiger partial charge >= 0.3 is 6.36 Å². The second-order valence-corrected chi connectivity index (χ2v) is 3.64. The lowest BCUT2D eigenvalue weighted by atomic mass is 9.90. The van der Waals surface area contributed by atoms with E-state index in [0.29, 0.717) is 5.56 Å². The van der Waals surface area contributed by atoms with Crippen LogP contribution in [0.25, 0.3) is 0 Å². The van der Waals surface area contributed by atoms with Gasteiger partial charge in [0.2, 0.25) is 0 Å². The van der Waals surface area contributed by atoms with Gasteiger partial charge in [-0.25, -0.2) is 0 Å². The lowest BCUT2D eigenvalue weighted by molar-refractivity contribution is -0.274. The summed E-state index contributed by atoms with van der Waals surface area (Å²) in [6.07, 6.45) is -4.73. The Morgan fingerprint density at radius 1 is 1.11 bits per heavy atom. The van der Waals surface area contributed by atoms with Crippen molar-refractivity contribution in [3.05, 3.63) is 29.8 Å². The first-order valence-corrected chi connectivity index (χ1v) is 5.02. The van der Waals surface area contributed by atoms with Crippen LogP contribution in [-0.4, -0.2) is 6.36 Å². The quantitative estimate of drug-likeness (QED) is 0.831. The highest BCUT2D eigenvalue weighted by atomic mass is 19.4. The topological polar surface area (TPSA) is 56.8 Å². The fourth-order valence-corrected chi connectivity index (χ4v) is 1.42. The molecule has 18 heavy (non-hydrogen) atoms. The highest BCUT2D eigenvalue weighted by molar-refractivity contribution is 5.31. The van der Waals surface area contributed by atoms with Crippen molar-refractivity contribution in [3.63, 3.8) is 0 Å². The van der Waals surface area contributed by atoms with Crippen LogP contribution in [-0.2, 0) is 0 Å². The minimum atomic E-state index is -4.73. The van der Waals surface area contributed by atoms with Crippen LogP contribution in [0.1, 0.15) is 18.4 Å². The average molecular weight is 254 g/mol. The minimum absolute atomic E-state index is 0.330. The molecular weight excluding hydrogens is 245 g/mol. The van der Waals surface area contributed by atoms with E-state index in [1.807, 2.05) is 12.1 Å². The highest BCUT2D eigenvalue weighted by Crippen LogP contribution is 2.27. The van der Waals surface area contributed by atoms with Crippen molar-refractivity contribution >= 4 is 0 Å². The molecule has 0 aliphatic carbocycles. The number of benzene rings is 1. The molecule has 0 bridgehead atoms. The zero-order chi connectivity index (χ0) is 13.8. The molecule has 0 aromatic heterocycles. The van der Waals surface area contributed by atoms with Crippen LogP contribution in [0.5, 0.6) is 5.75 Å². The standard InChI is InChI=1S/C12H9F3N2O/c1-8(10(6-16)7-17)9-2-4-11(5-3-9)18-12(13,14)15/h2-5,8,10H,1H3. The fraction of sp³-hybridized carbons (Fsp3) is 0.333. The molecule has 6 heteroatoms. The van der Waals surface area contributed by atoms with Gasteiger partial charge in [0.25, 0.3) is 0 Å². The molecule has 0 N–H and O–H groups in total. The van der Waals surface area contributed by atoms with Crippen LogP contribution in [0, 0.1) is 28.6 Å². The van der Waals surface area contributed by atoms with Gasteiger partial charge in [0, 0.05) is 5.92 Å². The Kier molecular flexibility index (Phi) is 4.17. The molecule has 94 valence electrons. The van der Waals surface area contributed by atoms with Gasteiger partial charge in [0.05, 0.1) is 12.1 Å². The Hall–Kier alpha value is -2.21. The normalized spacial score (nSPS) is 12.6. The average Bonchev–Trinajstić information content (AvgIpc) is 2.29. The van der Waals surface area contributed by atoms with Crippen LogP contribution in [0.2, 0.25) is 0 Å². The van der Waals surface area contributed by atoms with E-state index in [0.717, 1.165) is 12.1 Å². The number of ether oxygens (including phenoxy) is 1. The molecule has 1 atom stereocenters. The Bertz CT molecular complexity index is 468. The summed E-state index contributed by atoms with van der Waals surface area (Å²) in [5.41, 5.74) is 0.609. The Morgan fingerprint density at radius 3 is 2.00 bits per heavy atom. The Morgan fingerprint density at radius 2 is 1.61 bits per heavy atom. The highest BCUT2D eigenvalue weighted by Gasteiger charge is 2.31. The smallest absolute Gasteiger partial charge is 0.406 e. The molecule has 1 aromatic carbocycles. The summed E-state index contributed by atoms with van der Waals surface area (Å²) in [5.74, 6) is -1.54. The second-order valence-electron chi connectivity index (χ2n) is 3.64. The summed E-state index contributed by atoms with van der Waals surface area (Å²) >= 11 is 0. The molecule has 1 aromatic rings. The molecule has 1 unspecified atom stereocenters. The van der Waals surface area contributed by atoms with Crippen LogP contribution >= 0.6 is 0 Å². The minimum Gasteiger partial charge on any atom is -0.406 e. The van der Waals surface area contributed by atoms with Crippen molar-refractivity contribution in [2.24, 2.45) is 5.92 Å². The molecule has 0 fully saturated rings. The van der Waals surface area contributed by atoms with Gasteiger partial charge in [-0.1, -0.05) is 19.1 Å². The number of alkyl halides is 3. The number of nitriles is 2. The third-order valence-corrected chi connectivity index (χ3v) is 2.42. The zero-order valence-corrected chi connectivity index (χ0v) is 9.40. The molecule has 3 nitrogen and oxygen atoms in total. The van der Waals surface area contributed by atoms with Crippen LogP contribution < -0.4 is 4.74 Å². The van der Waals surface area contributed by atoms with E-state index in [1.165, 1.54) is 12.1 Å². The molecule has 0 saturated carbocycles. The van der Waals surface area contributed by atoms with Crippen LogP contribution in [0.4, 0.5) is 13.2 Å². The number of halogens is 3. The van der Waals surface area contributed by atoms with Crippen molar-refractivity contribution in [1.82, 2.24) is 0 Å². The largest absolute Gasteiger partial charge is 0.573 e. The predicted octanol–water partition coefficient (Wildman–Crippen LogP) is 3.35. The third kappa shape index (κ3) is 3.67. The first kappa shape index (κ1) is 13.9. The fourth-order valence-electron chi connectivity index (χ4n) is 1.42. The summed E-state index contributed by atoms with van der Waals surface area (Å²) in [7, 11) is 0. The van der Waals surface area contributed by atoms with E-state index in [-0.39, 0.29) is 11.7 Å². The van der Waals surface area contributed by atoms with E-state index < -0.39 is 12.3 Å². The molecule has 0 amide bonds. The van der Waals surface area contributed by atoms with Gasteiger partial charge in [-0.3, -0.25) is 0 Å². The van der Waals surface area contributed by atoms with Gasteiger partial charge < -0.3 is 4.74 Å².